The molecule has 0 aliphatic heterocycles. The smallest absolute Gasteiger partial charge is 0.305 e. The van der Waals surface area contributed by atoms with Crippen LogP contribution in [0.4, 0.5) is 0 Å². The highest BCUT2D eigenvalue weighted by molar-refractivity contribution is 9.10. The molecule has 1 aliphatic rings. The molecule has 1 amide bonds. The van der Waals surface area contributed by atoms with Gasteiger partial charge in [-0.1, -0.05) is 109 Å². The molecular weight excluding hydrogens is 606 g/mol. The number of nitrogens with one attached hydrogen (secondary N) is 1. The van der Waals surface area contributed by atoms with E-state index in [2.05, 4.69) is 21.2 Å². The Balaban J connectivity index is 1.31. The summed E-state index contributed by atoms with van der Waals surface area (Å²) >= 11 is 3.46. The van der Waals surface area contributed by atoms with E-state index in [9.17, 15) is 14.7 Å². The molecular formula is C36H36BrNO5. The minimum atomic E-state index is -1.01. The average molecular weight is 643 g/mol. The van der Waals surface area contributed by atoms with Gasteiger partial charge in [-0.25, -0.2) is 0 Å². The van der Waals surface area contributed by atoms with Crippen LogP contribution in [0.25, 0.3) is 11.1 Å². The molecule has 5 rings (SSSR count). The van der Waals surface area contributed by atoms with Crippen molar-refractivity contribution in [3.63, 3.8) is 0 Å². The quantitative estimate of drug-likeness (QED) is 0.161. The molecule has 1 unspecified atom stereocenters. The van der Waals surface area contributed by atoms with Gasteiger partial charge in [0.2, 0.25) is 0 Å². The van der Waals surface area contributed by atoms with Crippen molar-refractivity contribution in [2.45, 2.75) is 51.0 Å². The summed E-state index contributed by atoms with van der Waals surface area (Å²) in [4.78, 5) is 25.4. The number of aliphatic carboxylic acids is 1. The Labute approximate surface area is 261 Å². The third-order valence-corrected chi connectivity index (χ3v) is 8.35. The van der Waals surface area contributed by atoms with Gasteiger partial charge in [0.1, 0.15) is 17.2 Å². The molecule has 0 heterocycles. The Morgan fingerprint density at radius 2 is 1.58 bits per heavy atom. The normalized spacial score (nSPS) is 14.1. The van der Waals surface area contributed by atoms with Crippen LogP contribution in [0.5, 0.6) is 17.2 Å². The summed E-state index contributed by atoms with van der Waals surface area (Å²) in [6, 6.07) is 29.5. The fraction of sp³-hybridized carbons (Fsp3) is 0.278. The van der Waals surface area contributed by atoms with Gasteiger partial charge < -0.3 is 19.9 Å². The second-order valence-corrected chi connectivity index (χ2v) is 11.9. The van der Waals surface area contributed by atoms with Gasteiger partial charge in [-0.2, -0.15) is 0 Å². The fourth-order valence-corrected chi connectivity index (χ4v) is 5.95. The highest BCUT2D eigenvalue weighted by Gasteiger charge is 2.22. The van der Waals surface area contributed by atoms with Gasteiger partial charge in [0.15, 0.2) is 0 Å². The van der Waals surface area contributed by atoms with E-state index < -0.39 is 12.0 Å². The first-order valence-electron chi connectivity index (χ1n) is 14.8. The lowest BCUT2D eigenvalue weighted by molar-refractivity contribution is -0.137. The number of ether oxygens (including phenoxy) is 2. The second-order valence-electron chi connectivity index (χ2n) is 10.9. The van der Waals surface area contributed by atoms with Gasteiger partial charge in [-0.3, -0.25) is 9.59 Å². The Morgan fingerprint density at radius 3 is 2.33 bits per heavy atom. The van der Waals surface area contributed by atoms with Gasteiger partial charge in [0.25, 0.3) is 5.91 Å². The van der Waals surface area contributed by atoms with Crippen LogP contribution in [0.15, 0.2) is 102 Å². The summed E-state index contributed by atoms with van der Waals surface area (Å²) in [6.07, 6.45) is 7.03. The summed E-state index contributed by atoms with van der Waals surface area (Å²) in [5.41, 5.74) is 2.88. The highest BCUT2D eigenvalue weighted by Crippen LogP contribution is 2.34. The number of halogens is 1. The van der Waals surface area contributed by atoms with Crippen LogP contribution >= 0.6 is 15.9 Å². The SMILES string of the molecule is O=C(O)CC(NC(=O)c1cc(Br)ccc1OCCC1CCCCC1)c1ccc(-c2ccccc2Oc2ccccc2)cc1. The van der Waals surface area contributed by atoms with E-state index in [1.807, 2.05) is 84.9 Å². The molecule has 6 nitrogen and oxygen atoms in total. The third-order valence-electron chi connectivity index (χ3n) is 7.86. The van der Waals surface area contributed by atoms with E-state index >= 15 is 0 Å². The van der Waals surface area contributed by atoms with E-state index in [1.54, 1.807) is 12.1 Å². The number of para-hydroxylation sites is 2. The van der Waals surface area contributed by atoms with Crippen molar-refractivity contribution >= 4 is 27.8 Å². The average Bonchev–Trinajstić information content (AvgIpc) is 3.02. The van der Waals surface area contributed by atoms with E-state index in [4.69, 9.17) is 9.47 Å². The van der Waals surface area contributed by atoms with Crippen LogP contribution < -0.4 is 14.8 Å². The van der Waals surface area contributed by atoms with Crippen molar-refractivity contribution in [1.82, 2.24) is 5.32 Å². The summed E-state index contributed by atoms with van der Waals surface area (Å²) in [7, 11) is 0. The maximum Gasteiger partial charge on any atom is 0.305 e. The van der Waals surface area contributed by atoms with Crippen molar-refractivity contribution < 1.29 is 24.2 Å². The number of carbonyl (C=O) groups is 2. The Kier molecular flexibility index (Phi) is 10.5. The minimum absolute atomic E-state index is 0.259. The number of benzene rings is 4. The second kappa shape index (κ2) is 14.9. The van der Waals surface area contributed by atoms with E-state index in [0.29, 0.717) is 35.2 Å². The Morgan fingerprint density at radius 1 is 0.860 bits per heavy atom. The van der Waals surface area contributed by atoms with Crippen LogP contribution in [0, 0.1) is 5.92 Å². The molecule has 0 bridgehead atoms. The van der Waals surface area contributed by atoms with Crippen LogP contribution in [-0.2, 0) is 4.79 Å². The topological polar surface area (TPSA) is 84.9 Å². The van der Waals surface area contributed by atoms with Crippen LogP contribution in [0.1, 0.15) is 66.9 Å². The maximum absolute atomic E-state index is 13.5. The summed E-state index contributed by atoms with van der Waals surface area (Å²) < 4.78 is 13.0. The van der Waals surface area contributed by atoms with Gasteiger partial charge >= 0.3 is 5.97 Å². The third kappa shape index (κ3) is 8.48. The number of carboxylic acids is 1. The predicted octanol–water partition coefficient (Wildman–Crippen LogP) is 9.20. The number of rotatable bonds is 12. The van der Waals surface area contributed by atoms with Crippen molar-refractivity contribution in [3.05, 3.63) is 113 Å². The van der Waals surface area contributed by atoms with E-state index in [1.165, 1.54) is 32.1 Å². The zero-order valence-corrected chi connectivity index (χ0v) is 25.6. The highest BCUT2D eigenvalue weighted by atomic mass is 79.9. The van der Waals surface area contributed by atoms with Crippen molar-refractivity contribution in [3.8, 4) is 28.4 Å². The molecule has 0 aromatic heterocycles. The first-order valence-corrected chi connectivity index (χ1v) is 15.6. The first-order chi connectivity index (χ1) is 21.0. The number of amides is 1. The lowest BCUT2D eigenvalue weighted by Crippen LogP contribution is -2.30. The Hall–Kier alpha value is -4.10. The zero-order valence-electron chi connectivity index (χ0n) is 24.0. The van der Waals surface area contributed by atoms with Crippen molar-refractivity contribution in [2.24, 2.45) is 5.92 Å². The molecule has 1 aliphatic carbocycles. The maximum atomic E-state index is 13.5. The molecule has 0 radical (unpaired) electrons. The molecule has 2 N–H and O–H groups in total. The summed E-state index contributed by atoms with van der Waals surface area (Å²) in [6.45, 7) is 0.544. The monoisotopic (exact) mass is 641 g/mol. The lowest BCUT2D eigenvalue weighted by Gasteiger charge is -2.22. The number of carboxylic acid groups (broad SMARTS) is 1. The molecule has 4 aromatic rings. The van der Waals surface area contributed by atoms with Crippen LogP contribution in [0.2, 0.25) is 0 Å². The molecule has 1 atom stereocenters. The summed E-state index contributed by atoms with van der Waals surface area (Å²) in [5, 5.41) is 12.6. The van der Waals surface area contributed by atoms with Crippen LogP contribution in [-0.4, -0.2) is 23.6 Å². The van der Waals surface area contributed by atoms with Gasteiger partial charge in [0.05, 0.1) is 24.6 Å². The van der Waals surface area contributed by atoms with Gasteiger partial charge in [0, 0.05) is 10.0 Å². The fourth-order valence-electron chi connectivity index (χ4n) is 5.58. The largest absolute Gasteiger partial charge is 0.493 e. The number of carbonyl (C=O) groups excluding carboxylic acids is 1. The molecule has 222 valence electrons. The minimum Gasteiger partial charge on any atom is -0.493 e. The molecule has 4 aromatic carbocycles. The molecule has 0 saturated heterocycles. The van der Waals surface area contributed by atoms with Gasteiger partial charge in [-0.05, 0) is 59.9 Å². The summed E-state index contributed by atoms with van der Waals surface area (Å²) in [5.74, 6) is 1.22. The van der Waals surface area contributed by atoms with Crippen molar-refractivity contribution in [2.75, 3.05) is 6.61 Å². The standard InChI is InChI=1S/C36H36BrNO5/c37-28-19-20-33(42-22-21-25-9-3-1-4-10-25)31(23-28)36(41)38-32(24-35(39)40)27-17-15-26(16-18-27)30-13-7-8-14-34(30)43-29-11-5-2-6-12-29/h2,5-8,11-20,23,25,32H,1,3-4,9-10,21-22,24H2,(H,38,41)(H,39,40). The molecule has 0 spiro atoms. The Bertz CT molecular complexity index is 1520. The van der Waals surface area contributed by atoms with Gasteiger partial charge in [-0.15, -0.1) is 0 Å². The molecule has 1 fully saturated rings. The molecule has 1 saturated carbocycles. The number of hydrogen-bond donors (Lipinski definition) is 2. The lowest BCUT2D eigenvalue weighted by atomic mass is 9.87. The van der Waals surface area contributed by atoms with Crippen LogP contribution in [0.3, 0.4) is 0 Å². The van der Waals surface area contributed by atoms with E-state index in [0.717, 1.165) is 27.8 Å². The number of hydrogen-bond acceptors (Lipinski definition) is 4. The predicted molar refractivity (Wildman–Crippen MR) is 172 cm³/mol. The van der Waals surface area contributed by atoms with Crippen molar-refractivity contribution in [1.29, 1.82) is 0 Å². The van der Waals surface area contributed by atoms with E-state index in [-0.39, 0.29) is 12.3 Å². The molecule has 43 heavy (non-hydrogen) atoms. The first kappa shape index (κ1) is 30.4. The zero-order chi connectivity index (χ0) is 30.0. The molecule has 7 heteroatoms.